The van der Waals surface area contributed by atoms with E-state index in [4.69, 9.17) is 9.47 Å². The highest BCUT2D eigenvalue weighted by atomic mass is 32.2. The number of methoxy groups -OCH3 is 1. The molecule has 1 atom stereocenters. The summed E-state index contributed by atoms with van der Waals surface area (Å²) in [6.07, 6.45) is 2.55. The Hall–Kier alpha value is -2.73. The van der Waals surface area contributed by atoms with Crippen molar-refractivity contribution in [3.05, 3.63) is 60.8 Å². The molecule has 0 spiro atoms. The van der Waals surface area contributed by atoms with Gasteiger partial charge < -0.3 is 9.47 Å². The molecule has 5 nitrogen and oxygen atoms in total. The van der Waals surface area contributed by atoms with Crippen molar-refractivity contribution < 1.29 is 14.3 Å². The van der Waals surface area contributed by atoms with Crippen molar-refractivity contribution in [2.24, 2.45) is 0 Å². The van der Waals surface area contributed by atoms with E-state index in [1.54, 1.807) is 7.11 Å². The van der Waals surface area contributed by atoms with E-state index in [1.165, 1.54) is 11.8 Å². The van der Waals surface area contributed by atoms with Crippen LogP contribution >= 0.6 is 11.8 Å². The summed E-state index contributed by atoms with van der Waals surface area (Å²) in [7, 11) is 1.65. The molecule has 1 aliphatic rings. The van der Waals surface area contributed by atoms with E-state index in [0.29, 0.717) is 13.0 Å². The lowest BCUT2D eigenvalue weighted by atomic mass is 10.1. The number of benzene rings is 2. The molecule has 6 heteroatoms. The van der Waals surface area contributed by atoms with E-state index in [9.17, 15) is 4.79 Å². The fourth-order valence-corrected chi connectivity index (χ4v) is 4.00. The molecule has 1 aliphatic heterocycles. The second-order valence-electron chi connectivity index (χ2n) is 5.89. The first kappa shape index (κ1) is 16.7. The van der Waals surface area contributed by atoms with Crippen molar-refractivity contribution in [2.75, 3.05) is 13.7 Å². The molecule has 1 saturated heterocycles. The third-order valence-corrected chi connectivity index (χ3v) is 5.46. The van der Waals surface area contributed by atoms with Gasteiger partial charge in [-0.3, -0.25) is 9.36 Å². The molecule has 26 heavy (non-hydrogen) atoms. The average molecular weight is 366 g/mol. The van der Waals surface area contributed by atoms with Gasteiger partial charge >= 0.3 is 5.97 Å². The molecule has 4 rings (SSSR count). The predicted molar refractivity (Wildman–Crippen MR) is 101 cm³/mol. The number of aromatic nitrogens is 2. The molecule has 3 aromatic rings. The van der Waals surface area contributed by atoms with Crippen molar-refractivity contribution in [3.8, 4) is 22.7 Å². The Morgan fingerprint density at radius 1 is 1.19 bits per heavy atom. The maximum absolute atomic E-state index is 11.9. The van der Waals surface area contributed by atoms with Crippen molar-refractivity contribution in [3.63, 3.8) is 0 Å². The standard InChI is InChI=1S/C20H18N2O3S/c1-24-16-9-5-8-15(12-16)22-17(14-6-3-2-4-7-14)13-21-20(22)26-18-10-11-25-19(18)23/h2-9,12-13,18H,10-11H2,1H3/t18-/m1/s1. The average Bonchev–Trinajstić information content (AvgIpc) is 3.29. The molecule has 2 aromatic carbocycles. The Kier molecular flexibility index (Phi) is 4.67. The molecule has 2 heterocycles. The lowest BCUT2D eigenvalue weighted by Crippen LogP contribution is -2.11. The number of thioether (sulfide) groups is 1. The second-order valence-corrected chi connectivity index (χ2v) is 7.06. The lowest BCUT2D eigenvalue weighted by Gasteiger charge is -2.14. The number of cyclic esters (lactones) is 1. The van der Waals surface area contributed by atoms with Crippen molar-refractivity contribution in [1.82, 2.24) is 9.55 Å². The van der Waals surface area contributed by atoms with Crippen LogP contribution in [0.5, 0.6) is 5.75 Å². The molecule has 0 saturated carbocycles. The van der Waals surface area contributed by atoms with E-state index in [2.05, 4.69) is 9.55 Å². The zero-order chi connectivity index (χ0) is 17.9. The molecule has 0 radical (unpaired) electrons. The number of ether oxygens (including phenoxy) is 2. The van der Waals surface area contributed by atoms with Gasteiger partial charge in [0.1, 0.15) is 11.0 Å². The fourth-order valence-electron chi connectivity index (χ4n) is 2.94. The Balaban J connectivity index is 1.81. The van der Waals surface area contributed by atoms with Crippen LogP contribution in [0.1, 0.15) is 6.42 Å². The van der Waals surface area contributed by atoms with Crippen LogP contribution in [0.4, 0.5) is 0 Å². The van der Waals surface area contributed by atoms with Crippen molar-refractivity contribution in [1.29, 1.82) is 0 Å². The molecule has 0 unspecified atom stereocenters. The number of esters is 1. The van der Waals surface area contributed by atoms with Gasteiger partial charge in [-0.15, -0.1) is 0 Å². The number of carbonyl (C=O) groups excluding carboxylic acids is 1. The van der Waals surface area contributed by atoms with E-state index in [1.807, 2.05) is 60.8 Å². The van der Waals surface area contributed by atoms with Crippen LogP contribution in [0.3, 0.4) is 0 Å². The minimum absolute atomic E-state index is 0.170. The summed E-state index contributed by atoms with van der Waals surface area (Å²) in [4.78, 5) is 16.5. The van der Waals surface area contributed by atoms with E-state index in [0.717, 1.165) is 27.9 Å². The van der Waals surface area contributed by atoms with Crippen LogP contribution in [-0.2, 0) is 9.53 Å². The Labute approximate surface area is 156 Å². The fraction of sp³-hybridized carbons (Fsp3) is 0.200. The summed E-state index contributed by atoms with van der Waals surface area (Å²) in [6.45, 7) is 0.474. The third-order valence-electron chi connectivity index (χ3n) is 4.25. The first-order valence-corrected chi connectivity index (χ1v) is 9.25. The normalized spacial score (nSPS) is 16.5. The van der Waals surface area contributed by atoms with Crippen LogP contribution in [-0.4, -0.2) is 34.5 Å². The molecule has 0 amide bonds. The Morgan fingerprint density at radius 3 is 2.77 bits per heavy atom. The van der Waals surface area contributed by atoms with Crippen LogP contribution in [0, 0.1) is 0 Å². The van der Waals surface area contributed by atoms with Crippen LogP contribution in [0.25, 0.3) is 16.9 Å². The zero-order valence-corrected chi connectivity index (χ0v) is 15.1. The van der Waals surface area contributed by atoms with Gasteiger partial charge in [0, 0.05) is 18.1 Å². The highest BCUT2D eigenvalue weighted by Crippen LogP contribution is 2.35. The van der Waals surface area contributed by atoms with Gasteiger partial charge in [-0.25, -0.2) is 4.98 Å². The topological polar surface area (TPSA) is 53.4 Å². The molecular formula is C20H18N2O3S. The SMILES string of the molecule is COc1cccc(-n2c(-c3ccccc3)cnc2S[C@@H]2CCOC2=O)c1. The first-order chi connectivity index (χ1) is 12.8. The molecular weight excluding hydrogens is 348 g/mol. The monoisotopic (exact) mass is 366 g/mol. The van der Waals surface area contributed by atoms with Crippen molar-refractivity contribution >= 4 is 17.7 Å². The first-order valence-electron chi connectivity index (χ1n) is 8.37. The number of rotatable bonds is 5. The van der Waals surface area contributed by atoms with Gasteiger partial charge in [-0.1, -0.05) is 48.2 Å². The van der Waals surface area contributed by atoms with Crippen LogP contribution in [0.2, 0.25) is 0 Å². The van der Waals surface area contributed by atoms with Gasteiger partial charge in [-0.2, -0.15) is 0 Å². The number of carbonyl (C=O) groups is 1. The molecule has 1 aromatic heterocycles. The smallest absolute Gasteiger partial charge is 0.319 e. The third kappa shape index (κ3) is 3.20. The Morgan fingerprint density at radius 2 is 2.04 bits per heavy atom. The number of nitrogens with zero attached hydrogens (tertiary/aromatic N) is 2. The summed E-state index contributed by atoms with van der Waals surface area (Å²) in [6, 6.07) is 17.9. The molecule has 132 valence electrons. The molecule has 0 N–H and O–H groups in total. The summed E-state index contributed by atoms with van der Waals surface area (Å²) in [5, 5.41) is 0.548. The van der Waals surface area contributed by atoms with Gasteiger partial charge in [0.05, 0.1) is 31.3 Å². The molecule has 0 bridgehead atoms. The highest BCUT2D eigenvalue weighted by molar-refractivity contribution is 8.00. The van der Waals surface area contributed by atoms with E-state index in [-0.39, 0.29) is 11.2 Å². The van der Waals surface area contributed by atoms with Gasteiger partial charge in [0.2, 0.25) is 0 Å². The molecule has 0 aliphatic carbocycles. The van der Waals surface area contributed by atoms with Crippen molar-refractivity contribution in [2.45, 2.75) is 16.8 Å². The van der Waals surface area contributed by atoms with E-state index >= 15 is 0 Å². The summed E-state index contributed by atoms with van der Waals surface area (Å²) < 4.78 is 12.5. The number of imidazole rings is 1. The largest absolute Gasteiger partial charge is 0.497 e. The predicted octanol–water partition coefficient (Wildman–Crippen LogP) is 3.96. The minimum Gasteiger partial charge on any atom is -0.497 e. The summed E-state index contributed by atoms with van der Waals surface area (Å²) >= 11 is 1.45. The minimum atomic E-state index is -0.217. The summed E-state index contributed by atoms with van der Waals surface area (Å²) in [5.41, 5.74) is 2.96. The highest BCUT2D eigenvalue weighted by Gasteiger charge is 2.30. The molecule has 1 fully saturated rings. The summed E-state index contributed by atoms with van der Waals surface area (Å²) in [5.74, 6) is 0.600. The lowest BCUT2D eigenvalue weighted by molar-refractivity contribution is -0.137. The maximum Gasteiger partial charge on any atom is 0.319 e. The van der Waals surface area contributed by atoms with Gasteiger partial charge in [0.25, 0.3) is 0 Å². The second kappa shape index (κ2) is 7.25. The number of hydrogen-bond acceptors (Lipinski definition) is 5. The quantitative estimate of drug-likeness (QED) is 0.640. The Bertz CT molecular complexity index is 924. The number of hydrogen-bond donors (Lipinski definition) is 0. The zero-order valence-electron chi connectivity index (χ0n) is 14.3. The van der Waals surface area contributed by atoms with Gasteiger partial charge in [-0.05, 0) is 12.1 Å². The van der Waals surface area contributed by atoms with Crippen LogP contribution < -0.4 is 4.74 Å². The van der Waals surface area contributed by atoms with E-state index < -0.39 is 0 Å². The van der Waals surface area contributed by atoms with Gasteiger partial charge in [0.15, 0.2) is 5.16 Å². The van der Waals surface area contributed by atoms with Crippen LogP contribution in [0.15, 0.2) is 66.0 Å². The maximum atomic E-state index is 11.9.